The third kappa shape index (κ3) is 3.23. The van der Waals surface area contributed by atoms with Gasteiger partial charge in [-0.2, -0.15) is 5.10 Å². The third-order valence-corrected chi connectivity index (χ3v) is 4.41. The molecule has 5 nitrogen and oxygen atoms in total. The molecule has 0 atom stereocenters. The molecule has 2 heterocycles. The molecule has 2 rings (SSSR count). The van der Waals surface area contributed by atoms with E-state index in [9.17, 15) is 4.79 Å². The fraction of sp³-hybridized carbons (Fsp3) is 0.714. The van der Waals surface area contributed by atoms with Crippen LogP contribution in [0.4, 0.5) is 5.69 Å². The van der Waals surface area contributed by atoms with Gasteiger partial charge in [-0.1, -0.05) is 20.3 Å². The molecule has 0 saturated carbocycles. The fourth-order valence-corrected chi connectivity index (χ4v) is 2.89. The Bertz CT molecular complexity index is 498. The summed E-state index contributed by atoms with van der Waals surface area (Å²) in [6.45, 7) is 7.86. The minimum Gasteiger partial charge on any atom is -0.364 e. The van der Waals surface area contributed by atoms with Crippen LogP contribution in [0.3, 0.4) is 0 Å². The monoisotopic (exact) mass is 342 g/mol. The first-order valence-corrected chi connectivity index (χ1v) is 8.21. The van der Waals surface area contributed by atoms with Gasteiger partial charge in [0.05, 0.1) is 17.9 Å². The Morgan fingerprint density at radius 3 is 2.75 bits per heavy atom. The number of aromatic nitrogens is 2. The number of unbranched alkanes of at least 4 members (excludes halogenated alkanes) is 1. The van der Waals surface area contributed by atoms with E-state index in [1.54, 1.807) is 4.68 Å². The molecule has 1 fully saturated rings. The van der Waals surface area contributed by atoms with E-state index < -0.39 is 0 Å². The number of nitrogens with one attached hydrogen (secondary N) is 1. The van der Waals surface area contributed by atoms with Crippen LogP contribution in [-0.2, 0) is 6.54 Å². The summed E-state index contributed by atoms with van der Waals surface area (Å²) in [5.74, 6) is 0. The molecule has 1 aliphatic rings. The number of hydrogen-bond acceptors (Lipinski definition) is 4. The van der Waals surface area contributed by atoms with Crippen LogP contribution in [0.2, 0.25) is 0 Å². The van der Waals surface area contributed by atoms with E-state index in [-0.39, 0.29) is 5.56 Å². The second-order valence-electron chi connectivity index (χ2n) is 5.23. The predicted molar refractivity (Wildman–Crippen MR) is 85.4 cm³/mol. The van der Waals surface area contributed by atoms with Gasteiger partial charge in [-0.25, -0.2) is 4.68 Å². The van der Waals surface area contributed by atoms with E-state index in [0.29, 0.717) is 17.1 Å². The Morgan fingerprint density at radius 2 is 2.20 bits per heavy atom. The van der Waals surface area contributed by atoms with Gasteiger partial charge in [0.1, 0.15) is 4.47 Å². The Hall–Kier alpha value is -0.880. The Kier molecular flexibility index (Phi) is 5.60. The van der Waals surface area contributed by atoms with Crippen molar-refractivity contribution in [3.63, 3.8) is 0 Å². The molecule has 1 aliphatic heterocycles. The van der Waals surface area contributed by atoms with Crippen LogP contribution in [-0.4, -0.2) is 35.5 Å². The zero-order valence-electron chi connectivity index (χ0n) is 12.2. The molecule has 0 bridgehead atoms. The van der Waals surface area contributed by atoms with Gasteiger partial charge in [0.15, 0.2) is 0 Å². The fourth-order valence-electron chi connectivity index (χ4n) is 2.36. The highest BCUT2D eigenvalue weighted by molar-refractivity contribution is 9.10. The molecule has 0 spiro atoms. The summed E-state index contributed by atoms with van der Waals surface area (Å²) in [7, 11) is 0. The van der Waals surface area contributed by atoms with Gasteiger partial charge in [0, 0.05) is 26.2 Å². The quantitative estimate of drug-likeness (QED) is 0.823. The molecule has 0 unspecified atom stereocenters. The summed E-state index contributed by atoms with van der Waals surface area (Å²) in [6, 6.07) is 0.471. The number of hydrogen-bond donors (Lipinski definition) is 1. The molecule has 1 N–H and O–H groups in total. The molecular weight excluding hydrogens is 320 g/mol. The molecule has 0 radical (unpaired) electrons. The van der Waals surface area contributed by atoms with Crippen LogP contribution in [0.15, 0.2) is 15.5 Å². The van der Waals surface area contributed by atoms with E-state index in [0.717, 1.165) is 44.6 Å². The number of nitrogens with zero attached hydrogens (tertiary/aromatic N) is 3. The van der Waals surface area contributed by atoms with Crippen molar-refractivity contribution in [2.24, 2.45) is 0 Å². The lowest BCUT2D eigenvalue weighted by Crippen LogP contribution is -2.58. The summed E-state index contributed by atoms with van der Waals surface area (Å²) in [5, 5.41) is 7.62. The van der Waals surface area contributed by atoms with Crippen molar-refractivity contribution in [1.82, 2.24) is 15.1 Å². The maximum absolute atomic E-state index is 12.3. The SMILES string of the molecule is CCCCn1ncc(N(CCC)C2CNC2)c(Br)c1=O. The van der Waals surface area contributed by atoms with Crippen LogP contribution in [0.1, 0.15) is 33.1 Å². The van der Waals surface area contributed by atoms with Crippen molar-refractivity contribution in [3.8, 4) is 0 Å². The van der Waals surface area contributed by atoms with Gasteiger partial charge in [0.2, 0.25) is 0 Å². The summed E-state index contributed by atoms with van der Waals surface area (Å²) in [5.41, 5.74) is 0.903. The lowest BCUT2D eigenvalue weighted by atomic mass is 10.1. The maximum atomic E-state index is 12.3. The van der Waals surface area contributed by atoms with Crippen LogP contribution in [0.5, 0.6) is 0 Å². The van der Waals surface area contributed by atoms with Crippen molar-refractivity contribution in [2.45, 2.75) is 45.7 Å². The number of halogens is 1. The average Bonchev–Trinajstić information content (AvgIpc) is 2.38. The van der Waals surface area contributed by atoms with Crippen molar-refractivity contribution >= 4 is 21.6 Å². The van der Waals surface area contributed by atoms with Gasteiger partial charge in [0.25, 0.3) is 5.56 Å². The Labute approximate surface area is 128 Å². The van der Waals surface area contributed by atoms with E-state index in [2.05, 4.69) is 45.1 Å². The summed E-state index contributed by atoms with van der Waals surface area (Å²) < 4.78 is 2.20. The van der Waals surface area contributed by atoms with E-state index in [1.807, 2.05) is 6.20 Å². The highest BCUT2D eigenvalue weighted by atomic mass is 79.9. The molecule has 0 aliphatic carbocycles. The van der Waals surface area contributed by atoms with Crippen LogP contribution < -0.4 is 15.8 Å². The van der Waals surface area contributed by atoms with Gasteiger partial charge in [-0.15, -0.1) is 0 Å². The van der Waals surface area contributed by atoms with Crippen LogP contribution in [0, 0.1) is 0 Å². The number of anilines is 1. The number of aryl methyl sites for hydroxylation is 1. The Morgan fingerprint density at radius 1 is 1.45 bits per heavy atom. The van der Waals surface area contributed by atoms with Gasteiger partial charge >= 0.3 is 0 Å². The topological polar surface area (TPSA) is 50.2 Å². The highest BCUT2D eigenvalue weighted by Gasteiger charge is 2.26. The van der Waals surface area contributed by atoms with Gasteiger partial charge in [-0.3, -0.25) is 4.79 Å². The summed E-state index contributed by atoms with van der Waals surface area (Å²) in [6.07, 6.45) is 4.92. The van der Waals surface area contributed by atoms with E-state index >= 15 is 0 Å². The minimum absolute atomic E-state index is 0.0238. The van der Waals surface area contributed by atoms with Crippen molar-refractivity contribution in [1.29, 1.82) is 0 Å². The average molecular weight is 343 g/mol. The molecule has 1 aromatic heterocycles. The first-order valence-electron chi connectivity index (χ1n) is 7.42. The number of rotatable bonds is 7. The molecule has 1 saturated heterocycles. The first kappa shape index (κ1) is 15.5. The highest BCUT2D eigenvalue weighted by Crippen LogP contribution is 2.25. The van der Waals surface area contributed by atoms with Crippen molar-refractivity contribution in [3.05, 3.63) is 21.0 Å². The molecular formula is C14H23BrN4O. The van der Waals surface area contributed by atoms with Crippen LogP contribution >= 0.6 is 15.9 Å². The minimum atomic E-state index is -0.0238. The summed E-state index contributed by atoms with van der Waals surface area (Å²) in [4.78, 5) is 14.6. The van der Waals surface area contributed by atoms with Gasteiger partial charge in [-0.05, 0) is 28.8 Å². The Balaban J connectivity index is 2.26. The second-order valence-corrected chi connectivity index (χ2v) is 6.02. The molecule has 112 valence electrons. The standard InChI is InChI=1S/C14H23BrN4O/c1-3-5-7-19-14(20)13(15)12(10-17-19)18(6-4-2)11-8-16-9-11/h10-11,16H,3-9H2,1-2H3. The zero-order chi connectivity index (χ0) is 14.5. The van der Waals surface area contributed by atoms with E-state index in [1.165, 1.54) is 0 Å². The normalized spacial score (nSPS) is 15.2. The first-order chi connectivity index (χ1) is 9.69. The van der Waals surface area contributed by atoms with Crippen molar-refractivity contribution in [2.75, 3.05) is 24.5 Å². The largest absolute Gasteiger partial charge is 0.364 e. The summed E-state index contributed by atoms with van der Waals surface area (Å²) >= 11 is 3.48. The predicted octanol–water partition coefficient (Wildman–Crippen LogP) is 1.99. The second kappa shape index (κ2) is 7.22. The zero-order valence-corrected chi connectivity index (χ0v) is 13.8. The van der Waals surface area contributed by atoms with E-state index in [4.69, 9.17) is 0 Å². The van der Waals surface area contributed by atoms with Gasteiger partial charge < -0.3 is 10.2 Å². The molecule has 6 heteroatoms. The lowest BCUT2D eigenvalue weighted by Gasteiger charge is -2.39. The molecule has 1 aromatic rings. The van der Waals surface area contributed by atoms with Crippen molar-refractivity contribution < 1.29 is 0 Å². The lowest BCUT2D eigenvalue weighted by molar-refractivity contribution is 0.411. The van der Waals surface area contributed by atoms with Crippen LogP contribution in [0.25, 0.3) is 0 Å². The molecule has 20 heavy (non-hydrogen) atoms. The third-order valence-electron chi connectivity index (χ3n) is 3.66. The molecule has 0 aromatic carbocycles. The molecule has 0 amide bonds. The maximum Gasteiger partial charge on any atom is 0.283 e. The smallest absolute Gasteiger partial charge is 0.283 e.